The zero-order valence-electron chi connectivity index (χ0n) is 20.8. The lowest BCUT2D eigenvalue weighted by Gasteiger charge is -2.38. The van der Waals surface area contributed by atoms with Crippen LogP contribution in [0.2, 0.25) is 0 Å². The molecule has 0 unspecified atom stereocenters. The summed E-state index contributed by atoms with van der Waals surface area (Å²) in [7, 11) is 0. The van der Waals surface area contributed by atoms with Crippen LogP contribution in [-0.2, 0) is 4.74 Å². The number of halogens is 1. The van der Waals surface area contributed by atoms with Gasteiger partial charge < -0.3 is 20.1 Å². The number of fused-ring (bicyclic) bond motifs is 1. The van der Waals surface area contributed by atoms with Crippen LogP contribution < -0.4 is 10.2 Å². The Kier molecular flexibility index (Phi) is 6.43. The van der Waals surface area contributed by atoms with E-state index < -0.39 is 11.8 Å². The molecule has 4 aromatic heterocycles. The first-order chi connectivity index (χ1) is 18.4. The summed E-state index contributed by atoms with van der Waals surface area (Å²) < 4.78 is 21.8. The number of hydrogen-bond donors (Lipinski definition) is 2. The van der Waals surface area contributed by atoms with Gasteiger partial charge in [0.25, 0.3) is 0 Å². The predicted octanol–water partition coefficient (Wildman–Crippen LogP) is 3.68. The molecule has 12 heteroatoms. The second-order valence-corrected chi connectivity index (χ2v) is 10.9. The van der Waals surface area contributed by atoms with Crippen molar-refractivity contribution in [2.75, 3.05) is 36.5 Å². The third-order valence-electron chi connectivity index (χ3n) is 7.24. The standard InChI is InChI=1S/C26H27FN8O2S/c1-26(36)6-7-34(15-23(26)27)25-33-32-24(38-25)19-14-29-21(11-20(19)31-17-4-8-37-9-5-17)22-3-2-18-10-16(12-28)13-30-35(18)22/h2-3,10-11,13-14,17,23,36H,4-9,15H2,1H3,(H,29,31)/t23-,26-/m0/s1. The number of alkyl halides is 1. The maximum Gasteiger partial charge on any atom is 0.208 e. The van der Waals surface area contributed by atoms with Gasteiger partial charge in [0.2, 0.25) is 5.13 Å². The first kappa shape index (κ1) is 24.7. The van der Waals surface area contributed by atoms with Gasteiger partial charge in [-0.25, -0.2) is 8.91 Å². The highest BCUT2D eigenvalue weighted by Gasteiger charge is 2.39. The summed E-state index contributed by atoms with van der Waals surface area (Å²) in [5.74, 6) is 0. The molecule has 2 saturated heterocycles. The first-order valence-electron chi connectivity index (χ1n) is 12.6. The molecule has 0 radical (unpaired) electrons. The highest BCUT2D eigenvalue weighted by molar-refractivity contribution is 7.18. The van der Waals surface area contributed by atoms with Crippen LogP contribution in [0.25, 0.3) is 27.5 Å². The lowest BCUT2D eigenvalue weighted by Crippen LogP contribution is -2.51. The molecule has 0 aliphatic carbocycles. The molecule has 6 heterocycles. The third-order valence-corrected chi connectivity index (χ3v) is 8.25. The summed E-state index contributed by atoms with van der Waals surface area (Å²) in [5.41, 5.74) is 3.20. The summed E-state index contributed by atoms with van der Waals surface area (Å²) in [6, 6.07) is 9.98. The quantitative estimate of drug-likeness (QED) is 0.394. The van der Waals surface area contributed by atoms with E-state index in [1.807, 2.05) is 23.1 Å². The van der Waals surface area contributed by atoms with Crippen LogP contribution in [0.4, 0.5) is 15.2 Å². The van der Waals surface area contributed by atoms with Crippen molar-refractivity contribution in [1.82, 2.24) is 24.8 Å². The molecule has 10 nitrogen and oxygen atoms in total. The molecule has 0 aromatic carbocycles. The number of anilines is 2. The number of hydrogen-bond acceptors (Lipinski definition) is 10. The number of piperidine rings is 1. The minimum absolute atomic E-state index is 0.0772. The number of nitriles is 1. The van der Waals surface area contributed by atoms with Crippen LogP contribution in [0.1, 0.15) is 31.7 Å². The molecular weight excluding hydrogens is 507 g/mol. The monoisotopic (exact) mass is 534 g/mol. The first-order valence-corrected chi connectivity index (χ1v) is 13.4. The van der Waals surface area contributed by atoms with Gasteiger partial charge in [-0.3, -0.25) is 4.98 Å². The summed E-state index contributed by atoms with van der Waals surface area (Å²) in [4.78, 5) is 6.58. The van der Waals surface area contributed by atoms with E-state index in [2.05, 4.69) is 26.7 Å². The molecule has 2 N–H and O–H groups in total. The summed E-state index contributed by atoms with van der Waals surface area (Å²) in [6.07, 6.45) is 4.06. The van der Waals surface area contributed by atoms with Crippen molar-refractivity contribution in [3.8, 4) is 28.0 Å². The Labute approximate surface area is 222 Å². The number of pyridine rings is 1. The molecule has 4 aromatic rings. The van der Waals surface area contributed by atoms with Gasteiger partial charge in [0.15, 0.2) is 5.01 Å². The van der Waals surface area contributed by atoms with Gasteiger partial charge in [0, 0.05) is 37.7 Å². The van der Waals surface area contributed by atoms with Crippen LogP contribution in [0.15, 0.2) is 36.7 Å². The Morgan fingerprint density at radius 3 is 2.87 bits per heavy atom. The van der Waals surface area contributed by atoms with Crippen molar-refractivity contribution in [1.29, 1.82) is 5.26 Å². The second-order valence-electron chi connectivity index (χ2n) is 9.97. The molecule has 2 fully saturated rings. The third kappa shape index (κ3) is 4.69. The molecule has 0 spiro atoms. The summed E-state index contributed by atoms with van der Waals surface area (Å²) in [6.45, 7) is 3.52. The van der Waals surface area contributed by atoms with Gasteiger partial charge in [-0.15, -0.1) is 10.2 Å². The van der Waals surface area contributed by atoms with E-state index >= 15 is 0 Å². The van der Waals surface area contributed by atoms with Gasteiger partial charge in [-0.05, 0) is 50.5 Å². The van der Waals surface area contributed by atoms with E-state index in [1.54, 1.807) is 16.8 Å². The van der Waals surface area contributed by atoms with Crippen molar-refractivity contribution >= 4 is 27.7 Å². The lowest BCUT2D eigenvalue weighted by molar-refractivity contribution is -0.0330. The fourth-order valence-electron chi connectivity index (χ4n) is 4.83. The normalized spacial score (nSPS) is 22.5. The summed E-state index contributed by atoms with van der Waals surface area (Å²) in [5, 5.41) is 37.6. The lowest BCUT2D eigenvalue weighted by atomic mass is 9.92. The largest absolute Gasteiger partial charge is 0.387 e. The molecule has 196 valence electrons. The van der Waals surface area contributed by atoms with Crippen LogP contribution in [0, 0.1) is 11.3 Å². The fourth-order valence-corrected chi connectivity index (χ4v) is 5.73. The SMILES string of the molecule is C[C@]1(O)CCN(c2nnc(-c3cnc(-c4ccc5cc(C#N)cnn45)cc3NC3CCOCC3)s2)C[C@@H]1F. The minimum atomic E-state index is -1.36. The van der Waals surface area contributed by atoms with E-state index in [1.165, 1.54) is 24.5 Å². The van der Waals surface area contributed by atoms with Crippen molar-refractivity contribution < 1.29 is 14.2 Å². The van der Waals surface area contributed by atoms with Gasteiger partial charge in [-0.1, -0.05) is 11.3 Å². The average Bonchev–Trinajstić information content (AvgIpc) is 3.58. The molecule has 2 aliphatic rings. The van der Waals surface area contributed by atoms with Crippen molar-refractivity contribution in [2.45, 2.75) is 44.0 Å². The van der Waals surface area contributed by atoms with E-state index in [4.69, 9.17) is 9.72 Å². The van der Waals surface area contributed by atoms with Crippen LogP contribution in [0.3, 0.4) is 0 Å². The van der Waals surface area contributed by atoms with Crippen molar-refractivity contribution in [3.63, 3.8) is 0 Å². The van der Waals surface area contributed by atoms with Crippen LogP contribution >= 0.6 is 11.3 Å². The van der Waals surface area contributed by atoms with E-state index in [0.717, 1.165) is 41.0 Å². The highest BCUT2D eigenvalue weighted by Crippen LogP contribution is 2.37. The minimum Gasteiger partial charge on any atom is -0.387 e. The molecule has 0 bridgehead atoms. The Hall–Kier alpha value is -3.66. The van der Waals surface area contributed by atoms with Crippen LogP contribution in [0.5, 0.6) is 0 Å². The molecule has 6 rings (SSSR count). The Morgan fingerprint density at radius 1 is 1.24 bits per heavy atom. The van der Waals surface area contributed by atoms with Crippen LogP contribution in [-0.4, -0.2) is 74.0 Å². The molecule has 38 heavy (non-hydrogen) atoms. The maximum absolute atomic E-state index is 14.5. The Bertz CT molecular complexity index is 1510. The van der Waals surface area contributed by atoms with Gasteiger partial charge in [0.1, 0.15) is 12.2 Å². The van der Waals surface area contributed by atoms with Gasteiger partial charge in [0.05, 0.1) is 46.4 Å². The molecule has 0 amide bonds. The predicted molar refractivity (Wildman–Crippen MR) is 142 cm³/mol. The topological polar surface area (TPSA) is 124 Å². The van der Waals surface area contributed by atoms with E-state index in [0.29, 0.717) is 41.9 Å². The number of rotatable bonds is 5. The number of ether oxygens (including phenoxy) is 1. The maximum atomic E-state index is 14.5. The molecule has 2 atom stereocenters. The van der Waals surface area contributed by atoms with E-state index in [9.17, 15) is 14.8 Å². The number of nitrogens with one attached hydrogen (secondary N) is 1. The molecule has 0 saturated carbocycles. The smallest absolute Gasteiger partial charge is 0.208 e. The summed E-state index contributed by atoms with van der Waals surface area (Å²) >= 11 is 1.38. The van der Waals surface area contributed by atoms with Crippen molar-refractivity contribution in [2.24, 2.45) is 0 Å². The highest BCUT2D eigenvalue weighted by atomic mass is 32.1. The number of nitrogens with zero attached hydrogens (tertiary/aromatic N) is 7. The second kappa shape index (κ2) is 9.90. The average molecular weight is 535 g/mol. The van der Waals surface area contributed by atoms with E-state index in [-0.39, 0.29) is 12.6 Å². The molecular formula is C26H27FN8O2S. The zero-order chi connectivity index (χ0) is 26.3. The fraction of sp³-hybridized carbons (Fsp3) is 0.423. The number of aliphatic hydroxyl groups is 1. The van der Waals surface area contributed by atoms with Crippen molar-refractivity contribution in [3.05, 3.63) is 42.2 Å². The van der Waals surface area contributed by atoms with Gasteiger partial charge >= 0.3 is 0 Å². The zero-order valence-corrected chi connectivity index (χ0v) is 21.7. The Morgan fingerprint density at radius 2 is 2.08 bits per heavy atom. The van der Waals surface area contributed by atoms with Gasteiger partial charge in [-0.2, -0.15) is 10.4 Å². The Balaban J connectivity index is 1.35. The molecule has 2 aliphatic heterocycles. The number of aromatic nitrogens is 5.